The van der Waals surface area contributed by atoms with Crippen LogP contribution in [0.25, 0.3) is 11.1 Å². The lowest BCUT2D eigenvalue weighted by Gasteiger charge is -2.12. The Balaban J connectivity index is 1.87. The van der Waals surface area contributed by atoms with Gasteiger partial charge in [0.15, 0.2) is 0 Å². The van der Waals surface area contributed by atoms with Crippen molar-refractivity contribution in [3.05, 3.63) is 83.9 Å². The third-order valence-electron chi connectivity index (χ3n) is 3.74. The molecular weight excluding hydrogens is 355 g/mol. The number of hydrogen-bond acceptors (Lipinski definition) is 3. The summed E-state index contributed by atoms with van der Waals surface area (Å²) in [7, 11) is 0. The van der Waals surface area contributed by atoms with Crippen LogP contribution in [0.5, 0.6) is 11.5 Å². The lowest BCUT2D eigenvalue weighted by atomic mass is 10.0. The van der Waals surface area contributed by atoms with Gasteiger partial charge in [0.2, 0.25) is 0 Å². The number of ether oxygens (including phenoxy) is 2. The average molecular weight is 369 g/mol. The molecule has 3 nitrogen and oxygen atoms in total. The number of halogens is 3. The predicted octanol–water partition coefficient (Wildman–Crippen LogP) is 5.70. The second-order valence-electron chi connectivity index (χ2n) is 5.67. The molecule has 0 saturated carbocycles. The van der Waals surface area contributed by atoms with E-state index in [4.69, 9.17) is 4.74 Å². The van der Waals surface area contributed by atoms with E-state index in [1.54, 1.807) is 24.3 Å². The molecular formula is C21H14F3NO2. The Morgan fingerprint density at radius 1 is 0.852 bits per heavy atom. The molecule has 6 heteroatoms. The summed E-state index contributed by atoms with van der Waals surface area (Å²) in [6.45, 7) is 0.274. The first kappa shape index (κ1) is 18.3. The number of rotatable bonds is 5. The first-order valence-corrected chi connectivity index (χ1v) is 8.02. The molecule has 27 heavy (non-hydrogen) atoms. The van der Waals surface area contributed by atoms with Gasteiger partial charge in [0.25, 0.3) is 0 Å². The Kier molecular flexibility index (Phi) is 5.32. The van der Waals surface area contributed by atoms with Crippen LogP contribution < -0.4 is 9.47 Å². The molecule has 0 aliphatic rings. The molecule has 0 radical (unpaired) electrons. The fourth-order valence-corrected chi connectivity index (χ4v) is 2.52. The molecule has 136 valence electrons. The zero-order valence-electron chi connectivity index (χ0n) is 14.0. The number of benzene rings is 3. The first-order chi connectivity index (χ1) is 12.9. The fourth-order valence-electron chi connectivity index (χ4n) is 2.52. The Hall–Kier alpha value is -3.46. The van der Waals surface area contributed by atoms with Crippen LogP contribution in [0.3, 0.4) is 0 Å². The summed E-state index contributed by atoms with van der Waals surface area (Å²) in [6.07, 6.45) is -4.76. The quantitative estimate of drug-likeness (QED) is 0.579. The van der Waals surface area contributed by atoms with E-state index >= 15 is 0 Å². The van der Waals surface area contributed by atoms with Gasteiger partial charge in [-0.2, -0.15) is 5.26 Å². The zero-order valence-corrected chi connectivity index (χ0v) is 14.0. The van der Waals surface area contributed by atoms with Gasteiger partial charge in [-0.3, -0.25) is 0 Å². The molecule has 0 aliphatic carbocycles. The van der Waals surface area contributed by atoms with Crippen molar-refractivity contribution in [2.75, 3.05) is 0 Å². The van der Waals surface area contributed by atoms with Gasteiger partial charge in [0, 0.05) is 0 Å². The molecule has 3 aromatic carbocycles. The van der Waals surface area contributed by atoms with Gasteiger partial charge in [-0.25, -0.2) is 0 Å². The summed E-state index contributed by atoms with van der Waals surface area (Å²) < 4.78 is 47.0. The van der Waals surface area contributed by atoms with Crippen molar-refractivity contribution < 1.29 is 22.6 Å². The summed E-state index contributed by atoms with van der Waals surface area (Å²) in [5, 5.41) is 9.27. The number of hydrogen-bond donors (Lipinski definition) is 0. The second kappa shape index (κ2) is 7.83. The number of nitrogens with zero attached hydrogens (tertiary/aromatic N) is 1. The summed E-state index contributed by atoms with van der Waals surface area (Å²) >= 11 is 0. The summed E-state index contributed by atoms with van der Waals surface area (Å²) in [4.78, 5) is 0. The third-order valence-corrected chi connectivity index (χ3v) is 3.74. The van der Waals surface area contributed by atoms with Crippen LogP contribution in [0.4, 0.5) is 13.2 Å². The minimum Gasteiger partial charge on any atom is -0.488 e. The normalized spacial score (nSPS) is 10.9. The third kappa shape index (κ3) is 5.02. The number of nitriles is 1. The Bertz CT molecular complexity index is 963. The largest absolute Gasteiger partial charge is 0.573 e. The smallest absolute Gasteiger partial charge is 0.488 e. The van der Waals surface area contributed by atoms with E-state index in [1.165, 1.54) is 18.2 Å². The highest BCUT2D eigenvalue weighted by atomic mass is 19.4. The van der Waals surface area contributed by atoms with Crippen LogP contribution in [-0.2, 0) is 6.61 Å². The monoisotopic (exact) mass is 369 g/mol. The minimum atomic E-state index is -4.76. The van der Waals surface area contributed by atoms with Gasteiger partial charge in [0.05, 0.1) is 5.56 Å². The number of alkyl halides is 3. The molecule has 0 aromatic heterocycles. The summed E-state index contributed by atoms with van der Waals surface area (Å²) in [5.41, 5.74) is 2.42. The molecule has 0 spiro atoms. The van der Waals surface area contributed by atoms with E-state index in [9.17, 15) is 18.4 Å². The van der Waals surface area contributed by atoms with E-state index in [0.29, 0.717) is 22.4 Å². The van der Waals surface area contributed by atoms with Crippen LogP contribution >= 0.6 is 0 Å². The average Bonchev–Trinajstić information content (AvgIpc) is 2.66. The Labute approximate surface area is 154 Å². The SMILES string of the molecule is N#Cc1ccc(-c2cccc(OC(F)(F)F)c2)cc1OCc1ccccc1. The Morgan fingerprint density at radius 3 is 2.30 bits per heavy atom. The van der Waals surface area contributed by atoms with Gasteiger partial charge in [0.1, 0.15) is 24.2 Å². The highest BCUT2D eigenvalue weighted by molar-refractivity contribution is 5.68. The molecule has 3 aromatic rings. The van der Waals surface area contributed by atoms with E-state index in [1.807, 2.05) is 30.3 Å². The molecule has 0 atom stereocenters. The highest BCUT2D eigenvalue weighted by Gasteiger charge is 2.31. The van der Waals surface area contributed by atoms with Crippen molar-refractivity contribution >= 4 is 0 Å². The topological polar surface area (TPSA) is 42.2 Å². The predicted molar refractivity (Wildman–Crippen MR) is 94.1 cm³/mol. The van der Waals surface area contributed by atoms with Crippen molar-refractivity contribution in [3.63, 3.8) is 0 Å². The van der Waals surface area contributed by atoms with E-state index in [-0.39, 0.29) is 12.4 Å². The van der Waals surface area contributed by atoms with Crippen LogP contribution in [0.2, 0.25) is 0 Å². The fraction of sp³-hybridized carbons (Fsp3) is 0.0952. The van der Waals surface area contributed by atoms with Crippen molar-refractivity contribution in [2.24, 2.45) is 0 Å². The maximum Gasteiger partial charge on any atom is 0.573 e. The van der Waals surface area contributed by atoms with Crippen molar-refractivity contribution in [1.82, 2.24) is 0 Å². The molecule has 0 heterocycles. The maximum absolute atomic E-state index is 12.4. The van der Waals surface area contributed by atoms with Gasteiger partial charge in [-0.1, -0.05) is 48.5 Å². The summed E-state index contributed by atoms with van der Waals surface area (Å²) in [6, 6.07) is 22.0. The summed E-state index contributed by atoms with van der Waals surface area (Å²) in [5.74, 6) is 0.0529. The van der Waals surface area contributed by atoms with Crippen LogP contribution in [0, 0.1) is 11.3 Å². The first-order valence-electron chi connectivity index (χ1n) is 8.02. The highest BCUT2D eigenvalue weighted by Crippen LogP contribution is 2.31. The van der Waals surface area contributed by atoms with Crippen LogP contribution in [0.15, 0.2) is 72.8 Å². The van der Waals surface area contributed by atoms with Crippen molar-refractivity contribution in [1.29, 1.82) is 5.26 Å². The molecule has 0 aliphatic heterocycles. The standard InChI is InChI=1S/C21H14F3NO2/c22-21(23,24)27-19-8-4-7-16(11-19)17-9-10-18(13-25)20(12-17)26-14-15-5-2-1-3-6-15/h1-12H,14H2. The zero-order chi connectivity index (χ0) is 19.3. The van der Waals surface area contributed by atoms with Gasteiger partial charge in [-0.15, -0.1) is 13.2 Å². The molecule has 0 amide bonds. The van der Waals surface area contributed by atoms with Crippen LogP contribution in [-0.4, -0.2) is 6.36 Å². The lowest BCUT2D eigenvalue weighted by molar-refractivity contribution is -0.274. The Morgan fingerprint density at radius 2 is 1.59 bits per heavy atom. The maximum atomic E-state index is 12.4. The van der Waals surface area contributed by atoms with Gasteiger partial charge in [-0.05, 0) is 41.0 Å². The second-order valence-corrected chi connectivity index (χ2v) is 5.67. The molecule has 0 saturated heterocycles. The molecule has 0 bridgehead atoms. The van der Waals surface area contributed by atoms with Gasteiger partial charge >= 0.3 is 6.36 Å². The van der Waals surface area contributed by atoms with Crippen LogP contribution in [0.1, 0.15) is 11.1 Å². The molecule has 3 rings (SSSR count). The van der Waals surface area contributed by atoms with Gasteiger partial charge < -0.3 is 9.47 Å². The molecule has 0 fully saturated rings. The molecule has 0 N–H and O–H groups in total. The van der Waals surface area contributed by atoms with Crippen molar-refractivity contribution in [3.8, 4) is 28.7 Å². The molecule has 0 unspecified atom stereocenters. The minimum absolute atomic E-state index is 0.274. The van der Waals surface area contributed by atoms with E-state index in [0.717, 1.165) is 5.56 Å². The van der Waals surface area contributed by atoms with E-state index < -0.39 is 6.36 Å². The van der Waals surface area contributed by atoms with E-state index in [2.05, 4.69) is 10.8 Å². The lowest BCUT2D eigenvalue weighted by Crippen LogP contribution is -2.17. The van der Waals surface area contributed by atoms with Crippen molar-refractivity contribution in [2.45, 2.75) is 13.0 Å².